The largest absolute Gasteiger partial charge is 0.379 e. The van der Waals surface area contributed by atoms with Gasteiger partial charge in [-0.2, -0.15) is 0 Å². The number of nitrogens with zero attached hydrogens (tertiary/aromatic N) is 3. The number of nitrogens with two attached hydrogens (primary N) is 1. The van der Waals surface area contributed by atoms with Gasteiger partial charge in [-0.15, -0.1) is 0 Å². The SMILES string of the molecule is CO[C@@H]1CN(c2ncc(F)cn2)CC[C@@H]1[C@@H]1C[C@@H](CC(C)[C@@H](C(N)=O)C2CC2)N[C@@H](C)C1. The second kappa shape index (κ2) is 10.00. The quantitative estimate of drug-likeness (QED) is 0.637. The number of carbonyl (C=O) groups excluding carboxylic acids is 1. The minimum Gasteiger partial charge on any atom is -0.379 e. The van der Waals surface area contributed by atoms with Crippen LogP contribution in [0, 0.1) is 35.4 Å². The average Bonchev–Trinajstić information content (AvgIpc) is 3.58. The van der Waals surface area contributed by atoms with Crippen molar-refractivity contribution in [3.8, 4) is 0 Å². The van der Waals surface area contributed by atoms with Crippen LogP contribution >= 0.6 is 0 Å². The molecule has 4 rings (SSSR count). The number of hydrogen-bond acceptors (Lipinski definition) is 6. The zero-order chi connectivity index (χ0) is 22.8. The zero-order valence-electron chi connectivity index (χ0n) is 19.5. The molecule has 1 saturated carbocycles. The van der Waals surface area contributed by atoms with Crippen LogP contribution < -0.4 is 16.0 Å². The molecule has 0 radical (unpaired) electrons. The van der Waals surface area contributed by atoms with Crippen molar-refractivity contribution in [2.75, 3.05) is 25.1 Å². The van der Waals surface area contributed by atoms with E-state index in [0.717, 1.165) is 51.6 Å². The number of halogens is 1. The summed E-state index contributed by atoms with van der Waals surface area (Å²) in [5.41, 5.74) is 5.75. The first-order chi connectivity index (χ1) is 15.4. The third-order valence-electron chi connectivity index (χ3n) is 7.90. The Balaban J connectivity index is 1.38. The molecule has 8 heteroatoms. The van der Waals surface area contributed by atoms with Crippen LogP contribution in [0.25, 0.3) is 0 Å². The average molecular weight is 448 g/mol. The van der Waals surface area contributed by atoms with E-state index in [1.165, 1.54) is 12.4 Å². The monoisotopic (exact) mass is 447 g/mol. The Labute approximate surface area is 190 Å². The highest BCUT2D eigenvalue weighted by Crippen LogP contribution is 2.43. The smallest absolute Gasteiger partial charge is 0.225 e. The van der Waals surface area contributed by atoms with Crippen LogP contribution in [0.2, 0.25) is 0 Å². The second-order valence-corrected chi connectivity index (χ2v) is 10.3. The lowest BCUT2D eigenvalue weighted by Crippen LogP contribution is -2.53. The summed E-state index contributed by atoms with van der Waals surface area (Å²) in [5, 5.41) is 3.78. The molecule has 1 aromatic heterocycles. The van der Waals surface area contributed by atoms with Crippen LogP contribution in [0.5, 0.6) is 0 Å². The van der Waals surface area contributed by atoms with E-state index < -0.39 is 5.82 Å². The molecule has 1 amide bonds. The molecule has 3 aliphatic rings. The van der Waals surface area contributed by atoms with Gasteiger partial charge in [-0.05, 0) is 69.1 Å². The molecule has 7 nitrogen and oxygen atoms in total. The van der Waals surface area contributed by atoms with E-state index in [0.29, 0.717) is 41.7 Å². The third kappa shape index (κ3) is 5.39. The van der Waals surface area contributed by atoms with Crippen molar-refractivity contribution in [1.29, 1.82) is 0 Å². The minimum atomic E-state index is -0.420. The van der Waals surface area contributed by atoms with Crippen molar-refractivity contribution < 1.29 is 13.9 Å². The Morgan fingerprint density at radius 2 is 2.03 bits per heavy atom. The third-order valence-corrected chi connectivity index (χ3v) is 7.90. The van der Waals surface area contributed by atoms with Gasteiger partial charge < -0.3 is 20.7 Å². The maximum Gasteiger partial charge on any atom is 0.225 e. The van der Waals surface area contributed by atoms with Crippen LogP contribution in [0.1, 0.15) is 52.4 Å². The molecule has 0 bridgehead atoms. The molecule has 3 N–H and O–H groups in total. The lowest BCUT2D eigenvalue weighted by molar-refractivity contribution is -0.124. The Kier molecular flexibility index (Phi) is 7.30. The van der Waals surface area contributed by atoms with Gasteiger partial charge in [0, 0.05) is 38.2 Å². The lowest BCUT2D eigenvalue weighted by atomic mass is 9.72. The van der Waals surface area contributed by atoms with E-state index in [1.807, 2.05) is 0 Å². The Morgan fingerprint density at radius 3 is 2.66 bits per heavy atom. The number of rotatable bonds is 8. The van der Waals surface area contributed by atoms with Crippen LogP contribution in [0.15, 0.2) is 12.4 Å². The van der Waals surface area contributed by atoms with Crippen molar-refractivity contribution in [2.24, 2.45) is 35.3 Å². The molecule has 0 aromatic carbocycles. The lowest BCUT2D eigenvalue weighted by Gasteiger charge is -2.46. The fraction of sp³-hybridized carbons (Fsp3) is 0.792. The first kappa shape index (κ1) is 23.4. The normalized spacial score (nSPS) is 33.0. The van der Waals surface area contributed by atoms with E-state index in [1.54, 1.807) is 7.11 Å². The highest BCUT2D eigenvalue weighted by atomic mass is 19.1. The molecule has 32 heavy (non-hydrogen) atoms. The van der Waals surface area contributed by atoms with Gasteiger partial charge >= 0.3 is 0 Å². The number of nitrogens with one attached hydrogen (secondary N) is 1. The maximum absolute atomic E-state index is 13.2. The van der Waals surface area contributed by atoms with Gasteiger partial charge in [0.05, 0.1) is 18.5 Å². The van der Waals surface area contributed by atoms with Crippen LogP contribution in [0.3, 0.4) is 0 Å². The number of primary amides is 1. The zero-order valence-corrected chi connectivity index (χ0v) is 19.5. The number of methoxy groups -OCH3 is 1. The van der Waals surface area contributed by atoms with Crippen molar-refractivity contribution in [3.63, 3.8) is 0 Å². The first-order valence-corrected chi connectivity index (χ1v) is 12.2. The molecule has 1 aromatic rings. The van der Waals surface area contributed by atoms with Crippen LogP contribution in [-0.4, -0.2) is 54.3 Å². The van der Waals surface area contributed by atoms with Crippen LogP contribution in [0.4, 0.5) is 10.3 Å². The molecule has 0 spiro atoms. The van der Waals surface area contributed by atoms with Crippen molar-refractivity contribution in [1.82, 2.24) is 15.3 Å². The van der Waals surface area contributed by atoms with E-state index in [-0.39, 0.29) is 17.9 Å². The van der Waals surface area contributed by atoms with Gasteiger partial charge in [-0.3, -0.25) is 4.79 Å². The standard InChI is InChI=1S/C24H38FN5O2/c1-14(22(23(26)31)16-4-5-16)8-19-10-17(9-15(2)29-19)20-6-7-30(13-21(20)32-3)24-27-11-18(25)12-28-24/h11-12,14-17,19-22,29H,4-10,13H2,1-3H3,(H2,26,31)/t14?,15-,17-,19+,20+,21+,22+/m0/s1. The summed E-state index contributed by atoms with van der Waals surface area (Å²) in [6.45, 7) is 6.03. The molecule has 2 aliphatic heterocycles. The summed E-state index contributed by atoms with van der Waals surface area (Å²) < 4.78 is 19.1. The minimum absolute atomic E-state index is 0.0122. The summed E-state index contributed by atoms with van der Waals surface area (Å²) in [4.78, 5) is 22.4. The van der Waals surface area contributed by atoms with E-state index in [2.05, 4.69) is 34.0 Å². The summed E-state index contributed by atoms with van der Waals surface area (Å²) in [6, 6.07) is 0.838. The Morgan fingerprint density at radius 1 is 1.31 bits per heavy atom. The maximum atomic E-state index is 13.2. The molecule has 7 atom stereocenters. The topological polar surface area (TPSA) is 93.4 Å². The molecular weight excluding hydrogens is 409 g/mol. The van der Waals surface area contributed by atoms with Gasteiger partial charge in [0.1, 0.15) is 0 Å². The molecule has 1 unspecified atom stereocenters. The molecule has 1 aliphatic carbocycles. The van der Waals surface area contributed by atoms with Gasteiger partial charge in [0.15, 0.2) is 5.82 Å². The number of carbonyl (C=O) groups is 1. The highest BCUT2D eigenvalue weighted by molar-refractivity contribution is 5.77. The van der Waals surface area contributed by atoms with E-state index in [4.69, 9.17) is 10.5 Å². The van der Waals surface area contributed by atoms with Crippen molar-refractivity contribution in [2.45, 2.75) is 70.6 Å². The first-order valence-electron chi connectivity index (χ1n) is 12.2. The van der Waals surface area contributed by atoms with Gasteiger partial charge in [0.2, 0.25) is 11.9 Å². The molecule has 3 heterocycles. The summed E-state index contributed by atoms with van der Waals surface area (Å²) >= 11 is 0. The van der Waals surface area contributed by atoms with E-state index >= 15 is 0 Å². The Bertz CT molecular complexity index is 774. The summed E-state index contributed by atoms with van der Waals surface area (Å²) in [7, 11) is 1.78. The fourth-order valence-corrected chi connectivity index (χ4v) is 6.37. The van der Waals surface area contributed by atoms with Crippen molar-refractivity contribution in [3.05, 3.63) is 18.2 Å². The van der Waals surface area contributed by atoms with Gasteiger partial charge in [0.25, 0.3) is 0 Å². The highest BCUT2D eigenvalue weighted by Gasteiger charge is 2.42. The number of hydrogen-bond donors (Lipinski definition) is 2. The predicted octanol–water partition coefficient (Wildman–Crippen LogP) is 2.75. The van der Waals surface area contributed by atoms with Crippen molar-refractivity contribution >= 4 is 11.9 Å². The summed E-state index contributed by atoms with van der Waals surface area (Å²) in [5.74, 6) is 1.86. The molecule has 3 fully saturated rings. The number of aromatic nitrogens is 2. The molecule has 2 saturated heterocycles. The van der Waals surface area contributed by atoms with E-state index in [9.17, 15) is 9.18 Å². The van der Waals surface area contributed by atoms with Crippen LogP contribution in [-0.2, 0) is 9.53 Å². The summed E-state index contributed by atoms with van der Waals surface area (Å²) in [6.07, 6.45) is 9.04. The number of piperidine rings is 2. The number of amides is 1. The fourth-order valence-electron chi connectivity index (χ4n) is 6.37. The molecular formula is C24H38FN5O2. The predicted molar refractivity (Wildman–Crippen MR) is 121 cm³/mol. The number of anilines is 1. The molecule has 178 valence electrons. The second-order valence-electron chi connectivity index (χ2n) is 10.3. The van der Waals surface area contributed by atoms with Gasteiger partial charge in [-0.25, -0.2) is 14.4 Å². The number of ether oxygens (including phenoxy) is 1. The van der Waals surface area contributed by atoms with Gasteiger partial charge in [-0.1, -0.05) is 6.92 Å². The Hall–Kier alpha value is -1.80.